The molecule has 1 unspecified atom stereocenters. The van der Waals surface area contributed by atoms with Crippen molar-refractivity contribution in [3.05, 3.63) is 62.9 Å². The molecule has 0 saturated carbocycles. The van der Waals surface area contributed by atoms with Gasteiger partial charge in [-0.2, -0.15) is 0 Å². The van der Waals surface area contributed by atoms with Gasteiger partial charge in [0.25, 0.3) is 0 Å². The van der Waals surface area contributed by atoms with Crippen LogP contribution in [-0.2, 0) is 6.42 Å². The van der Waals surface area contributed by atoms with Crippen LogP contribution in [-0.4, -0.2) is 12.0 Å². The van der Waals surface area contributed by atoms with E-state index in [1.807, 2.05) is 7.05 Å². The molecule has 20 heavy (non-hydrogen) atoms. The van der Waals surface area contributed by atoms with Gasteiger partial charge < -0.3 is 5.32 Å². The lowest BCUT2D eigenvalue weighted by Crippen LogP contribution is -2.20. The Bertz CT molecular complexity index is 611. The van der Waals surface area contributed by atoms with Crippen molar-refractivity contribution >= 4 is 23.2 Å². The van der Waals surface area contributed by atoms with Crippen LogP contribution in [0.4, 0.5) is 0 Å². The van der Waals surface area contributed by atoms with Crippen molar-refractivity contribution in [1.29, 1.82) is 0 Å². The van der Waals surface area contributed by atoms with Crippen LogP contribution < -0.4 is 5.32 Å². The first-order chi connectivity index (χ1) is 9.51. The van der Waals surface area contributed by atoms with Gasteiger partial charge in [-0.25, -0.2) is 0 Å². The van der Waals surface area contributed by atoms with Crippen LogP contribution in [0.15, 0.2) is 30.5 Å². The molecule has 0 aliphatic heterocycles. The molecule has 1 atom stereocenters. The zero-order chi connectivity index (χ0) is 14.7. The maximum Gasteiger partial charge on any atom is 0.0763 e. The molecule has 0 bridgehead atoms. The van der Waals surface area contributed by atoms with Crippen LogP contribution in [0.3, 0.4) is 0 Å². The molecule has 2 nitrogen and oxygen atoms in total. The zero-order valence-electron chi connectivity index (χ0n) is 11.9. The molecule has 0 spiro atoms. The Balaban J connectivity index is 2.26. The van der Waals surface area contributed by atoms with Crippen molar-refractivity contribution in [3.63, 3.8) is 0 Å². The smallest absolute Gasteiger partial charge is 0.0763 e. The largest absolute Gasteiger partial charge is 0.311 e. The van der Waals surface area contributed by atoms with Crippen LogP contribution in [0.2, 0.25) is 10.0 Å². The SMILES string of the molecule is CNC(Cc1ccc(C)c(C)c1)c1ncc(Cl)cc1Cl. The number of benzene rings is 1. The minimum atomic E-state index is 0.0712. The van der Waals surface area contributed by atoms with E-state index in [2.05, 4.69) is 42.3 Å². The van der Waals surface area contributed by atoms with E-state index in [-0.39, 0.29) is 6.04 Å². The molecule has 2 rings (SSSR count). The summed E-state index contributed by atoms with van der Waals surface area (Å²) in [4.78, 5) is 4.36. The second-order valence-corrected chi connectivity index (χ2v) is 5.83. The van der Waals surface area contributed by atoms with E-state index in [1.54, 1.807) is 12.3 Å². The minimum absolute atomic E-state index is 0.0712. The summed E-state index contributed by atoms with van der Waals surface area (Å²) in [6.45, 7) is 4.24. The molecule has 0 aliphatic carbocycles. The number of aromatic nitrogens is 1. The van der Waals surface area contributed by atoms with Gasteiger partial charge >= 0.3 is 0 Å². The van der Waals surface area contributed by atoms with Gasteiger partial charge in [0.1, 0.15) is 0 Å². The lowest BCUT2D eigenvalue weighted by atomic mass is 9.99. The van der Waals surface area contributed by atoms with E-state index in [0.29, 0.717) is 10.0 Å². The molecule has 0 saturated heterocycles. The molecule has 0 amide bonds. The fourth-order valence-corrected chi connectivity index (χ4v) is 2.70. The molecule has 0 radical (unpaired) electrons. The van der Waals surface area contributed by atoms with Gasteiger partial charge in [-0.1, -0.05) is 41.4 Å². The maximum atomic E-state index is 6.24. The fraction of sp³-hybridized carbons (Fsp3) is 0.312. The number of nitrogens with zero attached hydrogens (tertiary/aromatic N) is 1. The van der Waals surface area contributed by atoms with Gasteiger partial charge in [0.05, 0.1) is 21.8 Å². The summed E-state index contributed by atoms with van der Waals surface area (Å²) in [7, 11) is 1.92. The number of pyridine rings is 1. The third kappa shape index (κ3) is 3.51. The number of hydrogen-bond acceptors (Lipinski definition) is 2. The Hall–Kier alpha value is -1.09. The van der Waals surface area contributed by atoms with Crippen LogP contribution in [0.5, 0.6) is 0 Å². The molecular formula is C16H18Cl2N2. The lowest BCUT2D eigenvalue weighted by Gasteiger charge is -2.17. The molecule has 1 aromatic heterocycles. The van der Waals surface area contributed by atoms with Crippen molar-refractivity contribution < 1.29 is 0 Å². The Morgan fingerprint density at radius 2 is 1.90 bits per heavy atom. The van der Waals surface area contributed by atoms with Gasteiger partial charge in [-0.3, -0.25) is 4.98 Å². The van der Waals surface area contributed by atoms with Crippen molar-refractivity contribution in [3.8, 4) is 0 Å². The Morgan fingerprint density at radius 3 is 2.50 bits per heavy atom. The Kier molecular flexibility index (Phi) is 5.03. The van der Waals surface area contributed by atoms with Gasteiger partial charge in [0.15, 0.2) is 0 Å². The summed E-state index contributed by atoms with van der Waals surface area (Å²) >= 11 is 12.1. The number of rotatable bonds is 4. The van der Waals surface area contributed by atoms with E-state index >= 15 is 0 Å². The highest BCUT2D eigenvalue weighted by Crippen LogP contribution is 2.26. The second kappa shape index (κ2) is 6.57. The van der Waals surface area contributed by atoms with Gasteiger partial charge in [0, 0.05) is 6.20 Å². The number of aryl methyl sites for hydroxylation is 2. The first kappa shape index (κ1) is 15.3. The number of hydrogen-bond donors (Lipinski definition) is 1. The van der Waals surface area contributed by atoms with Gasteiger partial charge in [-0.05, 0) is 50.1 Å². The van der Waals surface area contributed by atoms with Crippen LogP contribution in [0, 0.1) is 13.8 Å². The van der Waals surface area contributed by atoms with Crippen LogP contribution in [0.1, 0.15) is 28.4 Å². The number of halogens is 2. The highest BCUT2D eigenvalue weighted by atomic mass is 35.5. The molecule has 0 aliphatic rings. The van der Waals surface area contributed by atoms with Crippen molar-refractivity contribution in [2.24, 2.45) is 0 Å². The topological polar surface area (TPSA) is 24.9 Å². The molecule has 106 valence electrons. The second-order valence-electron chi connectivity index (χ2n) is 4.98. The van der Waals surface area contributed by atoms with E-state index in [0.717, 1.165) is 12.1 Å². The summed E-state index contributed by atoms with van der Waals surface area (Å²) in [5.41, 5.74) is 4.70. The average Bonchev–Trinajstić information content (AvgIpc) is 2.41. The van der Waals surface area contributed by atoms with E-state index in [1.165, 1.54) is 16.7 Å². The lowest BCUT2D eigenvalue weighted by molar-refractivity contribution is 0.576. The minimum Gasteiger partial charge on any atom is -0.311 e. The normalized spacial score (nSPS) is 12.4. The predicted molar refractivity (Wildman–Crippen MR) is 85.7 cm³/mol. The first-order valence-corrected chi connectivity index (χ1v) is 7.31. The summed E-state index contributed by atoms with van der Waals surface area (Å²) in [6, 6.07) is 8.31. The summed E-state index contributed by atoms with van der Waals surface area (Å²) in [5, 5.41) is 4.42. The van der Waals surface area contributed by atoms with Gasteiger partial charge in [-0.15, -0.1) is 0 Å². The van der Waals surface area contributed by atoms with E-state index in [4.69, 9.17) is 23.2 Å². The molecule has 1 aromatic carbocycles. The Labute approximate surface area is 130 Å². The fourth-order valence-electron chi connectivity index (χ4n) is 2.18. The molecular weight excluding hydrogens is 291 g/mol. The average molecular weight is 309 g/mol. The van der Waals surface area contributed by atoms with Crippen molar-refractivity contribution in [1.82, 2.24) is 10.3 Å². The summed E-state index contributed by atoms with van der Waals surface area (Å²) < 4.78 is 0. The zero-order valence-corrected chi connectivity index (χ0v) is 13.4. The molecule has 1 heterocycles. The van der Waals surface area contributed by atoms with E-state index in [9.17, 15) is 0 Å². The number of nitrogens with one attached hydrogen (secondary N) is 1. The van der Waals surface area contributed by atoms with Crippen molar-refractivity contribution in [2.45, 2.75) is 26.3 Å². The Morgan fingerprint density at radius 1 is 1.15 bits per heavy atom. The standard InChI is InChI=1S/C16H18Cl2N2/c1-10-4-5-12(6-11(10)2)7-15(19-3)16-14(18)8-13(17)9-20-16/h4-6,8-9,15,19H,7H2,1-3H3. The number of likely N-dealkylation sites (N-methyl/N-ethyl adjacent to an activating group) is 1. The summed E-state index contributed by atoms with van der Waals surface area (Å²) in [5.74, 6) is 0. The molecule has 1 N–H and O–H groups in total. The van der Waals surface area contributed by atoms with Crippen LogP contribution >= 0.6 is 23.2 Å². The van der Waals surface area contributed by atoms with Crippen LogP contribution in [0.25, 0.3) is 0 Å². The highest BCUT2D eigenvalue weighted by Gasteiger charge is 2.15. The molecule has 2 aromatic rings. The van der Waals surface area contributed by atoms with E-state index < -0.39 is 0 Å². The quantitative estimate of drug-likeness (QED) is 0.899. The first-order valence-electron chi connectivity index (χ1n) is 6.55. The highest BCUT2D eigenvalue weighted by molar-refractivity contribution is 6.34. The predicted octanol–water partition coefficient (Wildman–Crippen LogP) is 4.51. The molecule has 4 heteroatoms. The van der Waals surface area contributed by atoms with Crippen molar-refractivity contribution in [2.75, 3.05) is 7.05 Å². The third-order valence-corrected chi connectivity index (χ3v) is 4.04. The maximum absolute atomic E-state index is 6.24. The van der Waals surface area contributed by atoms with Gasteiger partial charge in [0.2, 0.25) is 0 Å². The third-order valence-electron chi connectivity index (χ3n) is 3.53. The monoisotopic (exact) mass is 308 g/mol. The molecule has 0 fully saturated rings. The summed E-state index contributed by atoms with van der Waals surface area (Å²) in [6.07, 6.45) is 2.47.